The fourth-order valence-corrected chi connectivity index (χ4v) is 10.8. The second kappa shape index (κ2) is 24.5. The fraction of sp³-hybridized carbons (Fsp3) is 0.448. The molecule has 0 aliphatic carbocycles. The number of nitrogens with one attached hydrogen (secondary N) is 2. The monoisotopic (exact) mass is 1030 g/mol. The number of pyridine rings is 3. The Balaban J connectivity index is 1.29. The third-order valence-corrected chi connectivity index (χ3v) is 14.2. The lowest BCUT2D eigenvalue weighted by molar-refractivity contribution is -0.146. The van der Waals surface area contributed by atoms with Gasteiger partial charge in [-0.05, 0) is 139 Å². The molecule has 4 heterocycles. The van der Waals surface area contributed by atoms with Gasteiger partial charge in [0.2, 0.25) is 17.7 Å². The van der Waals surface area contributed by atoms with Crippen molar-refractivity contribution in [3.05, 3.63) is 140 Å². The highest BCUT2D eigenvalue weighted by Crippen LogP contribution is 2.43. The van der Waals surface area contributed by atoms with Crippen LogP contribution in [-0.2, 0) is 30.1 Å². The van der Waals surface area contributed by atoms with E-state index >= 15 is 0 Å². The predicted octanol–water partition coefficient (Wildman–Crippen LogP) is 10.6. The molecule has 1 aliphatic heterocycles. The van der Waals surface area contributed by atoms with Gasteiger partial charge in [-0.1, -0.05) is 71.4 Å². The van der Waals surface area contributed by atoms with E-state index in [9.17, 15) is 52.2 Å². The summed E-state index contributed by atoms with van der Waals surface area (Å²) in [6.07, 6.45) is 3.58. The highest BCUT2D eigenvalue weighted by atomic mass is 19.4. The van der Waals surface area contributed by atoms with E-state index < -0.39 is 78.1 Å². The van der Waals surface area contributed by atoms with Crippen LogP contribution in [-0.4, -0.2) is 71.9 Å². The zero-order valence-corrected chi connectivity index (χ0v) is 44.1. The van der Waals surface area contributed by atoms with Gasteiger partial charge in [0.1, 0.15) is 12.1 Å². The summed E-state index contributed by atoms with van der Waals surface area (Å²) in [5.74, 6) is -4.27. The van der Waals surface area contributed by atoms with E-state index in [1.807, 2.05) is 77.9 Å². The highest BCUT2D eigenvalue weighted by Gasteiger charge is 2.42. The summed E-state index contributed by atoms with van der Waals surface area (Å²) in [5, 5.41) is 25.9. The molecule has 3 amide bonds. The minimum absolute atomic E-state index is 0.00243. The first-order valence-corrected chi connectivity index (χ1v) is 25.6. The van der Waals surface area contributed by atoms with E-state index in [0.29, 0.717) is 29.2 Å². The molecule has 14 nitrogen and oxygen atoms in total. The van der Waals surface area contributed by atoms with Gasteiger partial charge >= 0.3 is 18.1 Å². The van der Waals surface area contributed by atoms with Crippen molar-refractivity contribution < 1.29 is 47.4 Å². The van der Waals surface area contributed by atoms with Crippen LogP contribution in [0.15, 0.2) is 90.4 Å². The number of piperidine rings is 1. The molecule has 0 saturated carbocycles. The van der Waals surface area contributed by atoms with Crippen molar-refractivity contribution in [1.29, 1.82) is 0 Å². The molecule has 400 valence electrons. The van der Waals surface area contributed by atoms with E-state index in [1.165, 1.54) is 6.20 Å². The zero-order valence-electron chi connectivity index (χ0n) is 44.1. The number of alkyl halides is 3. The van der Waals surface area contributed by atoms with Gasteiger partial charge < -0.3 is 30.3 Å². The Kier molecular flexibility index (Phi) is 18.6. The SMILES string of the molecule is CCCC1CN([C@@H](CC(C)C)C(=O)N[C@@H](CC(=O)O)c2cncc(-c3c(C)cccc3C)c2)C(=O)CC1c1ccc(C)c(-c2cncc([C@H](CC(=O)O)NC(=O)[C@H](CC(C)C)n3ccc(C(F)(F)F)cc3=O)c2)c1C. The van der Waals surface area contributed by atoms with Gasteiger partial charge in [-0.2, -0.15) is 13.2 Å². The number of carboxylic acid groups (broad SMARTS) is 2. The van der Waals surface area contributed by atoms with Crippen LogP contribution in [0.1, 0.15) is 148 Å². The number of carbonyl (C=O) groups is 5. The number of carbonyl (C=O) groups excluding carboxylic acids is 3. The number of carboxylic acids is 2. The minimum atomic E-state index is -4.77. The van der Waals surface area contributed by atoms with Crippen LogP contribution < -0.4 is 16.2 Å². The molecule has 2 aromatic carbocycles. The molecule has 0 radical (unpaired) electrons. The number of benzene rings is 2. The van der Waals surface area contributed by atoms with Gasteiger partial charge in [0.05, 0.1) is 30.5 Å². The lowest BCUT2D eigenvalue weighted by atomic mass is 9.74. The number of nitrogens with zero attached hydrogens (tertiary/aromatic N) is 4. The second-order valence-electron chi connectivity index (χ2n) is 20.9. The van der Waals surface area contributed by atoms with Crippen LogP contribution in [0.5, 0.6) is 0 Å². The van der Waals surface area contributed by atoms with Crippen molar-refractivity contribution in [2.24, 2.45) is 17.8 Å². The molecule has 5 aromatic rings. The maximum absolute atomic E-state index is 14.6. The van der Waals surface area contributed by atoms with Gasteiger partial charge in [0, 0.05) is 61.1 Å². The Labute approximate surface area is 436 Å². The van der Waals surface area contributed by atoms with Crippen LogP contribution in [0, 0.1) is 45.4 Å². The summed E-state index contributed by atoms with van der Waals surface area (Å²) < 4.78 is 41.3. The van der Waals surface area contributed by atoms with E-state index in [1.54, 1.807) is 43.4 Å². The van der Waals surface area contributed by atoms with E-state index in [-0.39, 0.29) is 49.0 Å². The van der Waals surface area contributed by atoms with Gasteiger partial charge in [-0.3, -0.25) is 38.7 Å². The van der Waals surface area contributed by atoms with Crippen LogP contribution in [0.4, 0.5) is 13.2 Å². The molecule has 1 saturated heterocycles. The number of hydrogen-bond acceptors (Lipinski definition) is 8. The smallest absolute Gasteiger partial charge is 0.416 e. The summed E-state index contributed by atoms with van der Waals surface area (Å²) in [7, 11) is 0. The maximum Gasteiger partial charge on any atom is 0.416 e. The number of aliphatic carboxylic acids is 2. The van der Waals surface area contributed by atoms with Crippen molar-refractivity contribution in [3.63, 3.8) is 0 Å². The Morgan fingerprint density at radius 2 is 1.24 bits per heavy atom. The Hall–Kier alpha value is -7.17. The number of aromatic nitrogens is 3. The van der Waals surface area contributed by atoms with Gasteiger partial charge in [-0.15, -0.1) is 0 Å². The van der Waals surface area contributed by atoms with Crippen molar-refractivity contribution in [1.82, 2.24) is 30.1 Å². The topological polar surface area (TPSA) is 201 Å². The third-order valence-electron chi connectivity index (χ3n) is 14.2. The Morgan fingerprint density at radius 1 is 0.720 bits per heavy atom. The number of rotatable bonds is 21. The van der Waals surface area contributed by atoms with Crippen LogP contribution in [0.2, 0.25) is 0 Å². The first-order valence-electron chi connectivity index (χ1n) is 25.6. The Bertz CT molecular complexity index is 2950. The van der Waals surface area contributed by atoms with E-state index in [0.717, 1.165) is 74.2 Å². The van der Waals surface area contributed by atoms with Crippen molar-refractivity contribution in [2.75, 3.05) is 6.54 Å². The summed E-state index contributed by atoms with van der Waals surface area (Å²) in [6.45, 7) is 17.7. The normalized spacial score (nSPS) is 16.6. The molecule has 2 unspecified atom stereocenters. The van der Waals surface area contributed by atoms with Crippen LogP contribution in [0.25, 0.3) is 22.3 Å². The standard InChI is InChI=1S/C58H69F3N6O8/c1-10-12-38-31-67(49(20-33(4)5)57(75)65-46(25-52(70)71)39-21-41(29-62-27-39)54-34(6)13-11-14-35(54)7)51(69)24-45(38)44-16-15-36(8)55(37(44)9)42-22-40(28-63-30-42)47(26-53(72)73)64-56(74)48(19-32(2)3)66-18-17-43(23-50(66)68)58(59,60)61/h11,13-18,21-23,27-30,32-33,38,45-49H,10,12,19-20,24-26,31H2,1-9H3,(H,64,74)(H,65,75)(H,70,71)(H,72,73)/t38?,45?,46-,47-,48-,49-/m0/s1. The summed E-state index contributed by atoms with van der Waals surface area (Å²) in [4.78, 5) is 91.6. The van der Waals surface area contributed by atoms with E-state index in [2.05, 4.69) is 27.5 Å². The zero-order chi connectivity index (χ0) is 55.1. The summed E-state index contributed by atoms with van der Waals surface area (Å²) in [6, 6.07) is 10.5. The van der Waals surface area contributed by atoms with Crippen molar-refractivity contribution in [3.8, 4) is 22.3 Å². The molecule has 1 aliphatic rings. The molecule has 75 heavy (non-hydrogen) atoms. The number of amides is 3. The fourth-order valence-electron chi connectivity index (χ4n) is 10.8. The van der Waals surface area contributed by atoms with Gasteiger partial charge in [-0.25, -0.2) is 0 Å². The molecule has 0 spiro atoms. The molecule has 4 N–H and O–H groups in total. The van der Waals surface area contributed by atoms with Crippen LogP contribution in [0.3, 0.4) is 0 Å². The van der Waals surface area contributed by atoms with E-state index in [4.69, 9.17) is 0 Å². The number of aryl methyl sites for hydroxylation is 3. The number of likely N-dealkylation sites (tertiary alicyclic amines) is 1. The molecule has 0 bridgehead atoms. The van der Waals surface area contributed by atoms with Gasteiger partial charge in [0.25, 0.3) is 5.56 Å². The van der Waals surface area contributed by atoms with Crippen molar-refractivity contribution in [2.45, 2.75) is 144 Å². The van der Waals surface area contributed by atoms with Gasteiger partial charge in [0.15, 0.2) is 0 Å². The predicted molar refractivity (Wildman–Crippen MR) is 279 cm³/mol. The molecule has 3 aromatic heterocycles. The quantitative estimate of drug-likeness (QED) is 0.0548. The number of hydrogen-bond donors (Lipinski definition) is 4. The largest absolute Gasteiger partial charge is 0.481 e. The lowest BCUT2D eigenvalue weighted by Gasteiger charge is -2.43. The number of halogens is 3. The minimum Gasteiger partial charge on any atom is -0.481 e. The Morgan fingerprint density at radius 3 is 1.75 bits per heavy atom. The summed E-state index contributed by atoms with van der Waals surface area (Å²) in [5.41, 5.74) is 6.55. The average Bonchev–Trinajstić information content (AvgIpc) is 3.32. The molecular formula is C58H69F3N6O8. The van der Waals surface area contributed by atoms with Crippen molar-refractivity contribution >= 4 is 29.7 Å². The molecular weight excluding hydrogens is 966 g/mol. The highest BCUT2D eigenvalue weighted by molar-refractivity contribution is 5.89. The maximum atomic E-state index is 14.6. The van der Waals surface area contributed by atoms with Crippen LogP contribution >= 0.6 is 0 Å². The lowest BCUT2D eigenvalue weighted by Crippen LogP contribution is -2.55. The molecule has 1 fully saturated rings. The first-order chi connectivity index (χ1) is 35.4. The molecule has 6 rings (SSSR count). The summed E-state index contributed by atoms with van der Waals surface area (Å²) >= 11 is 0. The molecule has 6 atom stereocenters. The third kappa shape index (κ3) is 14.0. The average molecular weight is 1040 g/mol. The second-order valence-corrected chi connectivity index (χ2v) is 20.9. The molecule has 17 heteroatoms. The first kappa shape index (κ1) is 57.1.